The van der Waals surface area contributed by atoms with Gasteiger partial charge in [0.25, 0.3) is 0 Å². The molecule has 1 aromatic heterocycles. The van der Waals surface area contributed by atoms with Gasteiger partial charge in [-0.2, -0.15) is 5.10 Å². The SMILES string of the molecule is CCn1nc(C)c(Cl)c1CC(CSc1ccccc1)NN. The Bertz CT molecular complexity index is 571. The van der Waals surface area contributed by atoms with Crippen molar-refractivity contribution in [3.8, 4) is 0 Å². The van der Waals surface area contributed by atoms with Gasteiger partial charge in [-0.1, -0.05) is 29.8 Å². The molecule has 0 aliphatic rings. The van der Waals surface area contributed by atoms with E-state index in [-0.39, 0.29) is 6.04 Å². The summed E-state index contributed by atoms with van der Waals surface area (Å²) in [5.41, 5.74) is 4.81. The van der Waals surface area contributed by atoms with E-state index < -0.39 is 0 Å². The second kappa shape index (κ2) is 7.84. The number of nitrogens with two attached hydrogens (primary N) is 1. The van der Waals surface area contributed by atoms with Crippen molar-refractivity contribution in [1.29, 1.82) is 0 Å². The molecule has 2 rings (SSSR count). The Kier molecular flexibility index (Phi) is 6.11. The minimum atomic E-state index is 0.147. The smallest absolute Gasteiger partial charge is 0.0847 e. The summed E-state index contributed by atoms with van der Waals surface area (Å²) < 4.78 is 1.95. The maximum Gasteiger partial charge on any atom is 0.0847 e. The van der Waals surface area contributed by atoms with Gasteiger partial charge in [-0.15, -0.1) is 11.8 Å². The van der Waals surface area contributed by atoms with Gasteiger partial charge in [0.05, 0.1) is 16.4 Å². The summed E-state index contributed by atoms with van der Waals surface area (Å²) in [6.45, 7) is 4.81. The van der Waals surface area contributed by atoms with E-state index >= 15 is 0 Å². The third kappa shape index (κ3) is 4.23. The average Bonchev–Trinajstić information content (AvgIpc) is 2.79. The maximum atomic E-state index is 6.35. The van der Waals surface area contributed by atoms with Crippen molar-refractivity contribution in [3.63, 3.8) is 0 Å². The number of hydrogen-bond acceptors (Lipinski definition) is 4. The minimum absolute atomic E-state index is 0.147. The quantitative estimate of drug-likeness (QED) is 0.467. The van der Waals surface area contributed by atoms with Gasteiger partial charge in [-0.3, -0.25) is 16.0 Å². The van der Waals surface area contributed by atoms with Gasteiger partial charge in [-0.25, -0.2) is 0 Å². The average molecular weight is 325 g/mol. The Balaban J connectivity index is 2.02. The minimum Gasteiger partial charge on any atom is -0.271 e. The highest BCUT2D eigenvalue weighted by Crippen LogP contribution is 2.24. The predicted molar refractivity (Wildman–Crippen MR) is 89.6 cm³/mol. The van der Waals surface area contributed by atoms with Crippen molar-refractivity contribution in [2.24, 2.45) is 5.84 Å². The fourth-order valence-electron chi connectivity index (χ4n) is 2.18. The van der Waals surface area contributed by atoms with Crippen LogP contribution in [0.1, 0.15) is 18.3 Å². The number of hydrazine groups is 1. The Morgan fingerprint density at radius 1 is 1.38 bits per heavy atom. The van der Waals surface area contributed by atoms with Gasteiger partial charge in [-0.05, 0) is 26.0 Å². The molecule has 114 valence electrons. The van der Waals surface area contributed by atoms with E-state index in [2.05, 4.69) is 29.6 Å². The molecule has 4 nitrogen and oxygen atoms in total. The topological polar surface area (TPSA) is 55.9 Å². The molecule has 1 unspecified atom stereocenters. The van der Waals surface area contributed by atoms with Gasteiger partial charge < -0.3 is 0 Å². The molecule has 0 saturated heterocycles. The molecule has 6 heteroatoms. The fourth-order valence-corrected chi connectivity index (χ4v) is 3.35. The summed E-state index contributed by atoms with van der Waals surface area (Å²) in [7, 11) is 0. The summed E-state index contributed by atoms with van der Waals surface area (Å²) in [6.07, 6.45) is 0.768. The van der Waals surface area contributed by atoms with Crippen LogP contribution in [-0.4, -0.2) is 21.6 Å². The van der Waals surface area contributed by atoms with Crippen LogP contribution in [0.15, 0.2) is 35.2 Å². The van der Waals surface area contributed by atoms with E-state index in [1.807, 2.05) is 29.8 Å². The number of thioether (sulfide) groups is 1. The van der Waals surface area contributed by atoms with Crippen molar-refractivity contribution in [2.75, 3.05) is 5.75 Å². The van der Waals surface area contributed by atoms with Crippen LogP contribution in [0.4, 0.5) is 0 Å². The molecule has 1 heterocycles. The zero-order valence-corrected chi connectivity index (χ0v) is 13.9. The highest BCUT2D eigenvalue weighted by atomic mass is 35.5. The van der Waals surface area contributed by atoms with Crippen LogP contribution in [0.2, 0.25) is 5.02 Å². The van der Waals surface area contributed by atoms with E-state index in [1.165, 1.54) is 4.90 Å². The first-order valence-electron chi connectivity index (χ1n) is 7.01. The number of aromatic nitrogens is 2. The highest BCUT2D eigenvalue weighted by Gasteiger charge is 2.17. The number of benzene rings is 1. The van der Waals surface area contributed by atoms with Gasteiger partial charge in [0.1, 0.15) is 0 Å². The molecule has 0 fully saturated rings. The summed E-state index contributed by atoms with van der Waals surface area (Å²) in [4.78, 5) is 1.24. The van der Waals surface area contributed by atoms with Gasteiger partial charge in [0, 0.05) is 29.7 Å². The third-order valence-corrected chi connectivity index (χ3v) is 4.99. The third-order valence-electron chi connectivity index (χ3n) is 3.32. The monoisotopic (exact) mass is 324 g/mol. The molecule has 3 N–H and O–H groups in total. The number of nitrogens with one attached hydrogen (secondary N) is 1. The van der Waals surface area contributed by atoms with Crippen molar-refractivity contribution >= 4 is 23.4 Å². The number of rotatable bonds is 7. The molecule has 0 aliphatic heterocycles. The molecule has 1 atom stereocenters. The van der Waals surface area contributed by atoms with Crippen LogP contribution >= 0.6 is 23.4 Å². The van der Waals surface area contributed by atoms with E-state index in [1.54, 1.807) is 11.8 Å². The first kappa shape index (κ1) is 16.4. The molecule has 0 bridgehead atoms. The summed E-state index contributed by atoms with van der Waals surface area (Å²) in [5, 5.41) is 5.20. The van der Waals surface area contributed by atoms with Crippen LogP contribution in [0.25, 0.3) is 0 Å². The first-order chi connectivity index (χ1) is 10.2. The standard InChI is InChI=1S/C15H21ClN4S/c1-3-20-14(15(16)11(2)19-20)9-12(18-17)10-21-13-7-5-4-6-8-13/h4-8,12,18H,3,9-10,17H2,1-2H3. The van der Waals surface area contributed by atoms with Crippen molar-refractivity contribution in [3.05, 3.63) is 46.7 Å². The van der Waals surface area contributed by atoms with Crippen molar-refractivity contribution in [1.82, 2.24) is 15.2 Å². The molecule has 0 amide bonds. The van der Waals surface area contributed by atoms with E-state index in [9.17, 15) is 0 Å². The van der Waals surface area contributed by atoms with Crippen molar-refractivity contribution < 1.29 is 0 Å². The Labute approximate surface area is 135 Å². The van der Waals surface area contributed by atoms with Gasteiger partial charge in [0.15, 0.2) is 0 Å². The second-order valence-corrected chi connectivity index (χ2v) is 6.32. The fraction of sp³-hybridized carbons (Fsp3) is 0.400. The lowest BCUT2D eigenvalue weighted by Crippen LogP contribution is -2.39. The highest BCUT2D eigenvalue weighted by molar-refractivity contribution is 7.99. The summed E-state index contributed by atoms with van der Waals surface area (Å²) in [5.74, 6) is 6.58. The van der Waals surface area contributed by atoms with Crippen LogP contribution in [0.5, 0.6) is 0 Å². The summed E-state index contributed by atoms with van der Waals surface area (Å²) in [6, 6.07) is 10.5. The normalized spacial score (nSPS) is 12.6. The second-order valence-electron chi connectivity index (χ2n) is 4.85. The molecular formula is C15H21ClN4S. The van der Waals surface area contributed by atoms with E-state index in [0.717, 1.165) is 35.1 Å². The Morgan fingerprint density at radius 3 is 2.71 bits per heavy atom. The lowest BCUT2D eigenvalue weighted by molar-refractivity contribution is 0.534. The molecule has 0 spiro atoms. The molecule has 0 saturated carbocycles. The van der Waals surface area contributed by atoms with Crippen LogP contribution in [0, 0.1) is 6.92 Å². The lowest BCUT2D eigenvalue weighted by atomic mass is 10.2. The molecule has 1 aromatic carbocycles. The number of hydrogen-bond donors (Lipinski definition) is 2. The molecule has 0 aliphatic carbocycles. The summed E-state index contributed by atoms with van der Waals surface area (Å²) >= 11 is 8.14. The number of aryl methyl sites for hydroxylation is 2. The molecule has 0 radical (unpaired) electrons. The molecule has 21 heavy (non-hydrogen) atoms. The largest absolute Gasteiger partial charge is 0.271 e. The molecular weight excluding hydrogens is 304 g/mol. The van der Waals surface area contributed by atoms with Gasteiger partial charge >= 0.3 is 0 Å². The lowest BCUT2D eigenvalue weighted by Gasteiger charge is -2.16. The number of halogens is 1. The van der Waals surface area contributed by atoms with Gasteiger partial charge in [0.2, 0.25) is 0 Å². The maximum absolute atomic E-state index is 6.35. The Hall–Kier alpha value is -1.01. The van der Waals surface area contributed by atoms with E-state index in [4.69, 9.17) is 17.4 Å². The predicted octanol–water partition coefficient (Wildman–Crippen LogP) is 3.03. The van der Waals surface area contributed by atoms with Crippen molar-refractivity contribution in [2.45, 2.75) is 37.8 Å². The van der Waals surface area contributed by atoms with E-state index in [0.29, 0.717) is 0 Å². The van der Waals surface area contributed by atoms with Crippen LogP contribution in [-0.2, 0) is 13.0 Å². The van der Waals surface area contributed by atoms with Crippen LogP contribution < -0.4 is 11.3 Å². The molecule has 2 aromatic rings. The Morgan fingerprint density at radius 2 is 2.10 bits per heavy atom. The first-order valence-corrected chi connectivity index (χ1v) is 8.37. The van der Waals surface area contributed by atoms with Crippen LogP contribution in [0.3, 0.4) is 0 Å². The zero-order valence-electron chi connectivity index (χ0n) is 12.3. The zero-order chi connectivity index (χ0) is 15.2. The number of nitrogens with zero attached hydrogens (tertiary/aromatic N) is 2.